The van der Waals surface area contributed by atoms with Crippen molar-refractivity contribution in [1.29, 1.82) is 0 Å². The number of hydrogen-bond donors (Lipinski definition) is 1. The van der Waals surface area contributed by atoms with Gasteiger partial charge in [-0.3, -0.25) is 0 Å². The summed E-state index contributed by atoms with van der Waals surface area (Å²) < 4.78 is 0. The summed E-state index contributed by atoms with van der Waals surface area (Å²) in [6, 6.07) is 7.60. The number of rotatable bonds is 2. The molecule has 1 atom stereocenters. The molecule has 0 aliphatic rings. The van der Waals surface area contributed by atoms with E-state index < -0.39 is 6.10 Å². The van der Waals surface area contributed by atoms with Gasteiger partial charge in [0.15, 0.2) is 0 Å². The Bertz CT molecular complexity index is 507. The molecule has 2 nitrogen and oxygen atoms in total. The largest absolute Gasteiger partial charge is 0.388 e. The quantitative estimate of drug-likeness (QED) is 0.883. The van der Waals surface area contributed by atoms with E-state index in [1.165, 1.54) is 11.3 Å². The Balaban J connectivity index is 2.50. The molecule has 0 aliphatic heterocycles. The maximum atomic E-state index is 9.57. The van der Waals surface area contributed by atoms with Crippen LogP contribution in [0.25, 0.3) is 10.6 Å². The first kappa shape index (κ1) is 11.6. The molecule has 84 valence electrons. The standard InChI is InChI=1S/C12H12ClNOS/c1-7-11(8(2)15)16-12(14-7)9-5-3-4-6-10(9)13/h3-6,8,15H,1-2H3. The summed E-state index contributed by atoms with van der Waals surface area (Å²) >= 11 is 7.59. The molecule has 0 saturated heterocycles. The number of aliphatic hydroxyl groups is 1. The molecule has 0 radical (unpaired) electrons. The number of thiazole rings is 1. The molecular formula is C12H12ClNOS. The molecule has 0 fully saturated rings. The molecule has 16 heavy (non-hydrogen) atoms. The molecule has 0 spiro atoms. The molecule has 0 saturated carbocycles. The zero-order valence-electron chi connectivity index (χ0n) is 9.07. The van der Waals surface area contributed by atoms with Gasteiger partial charge in [0, 0.05) is 5.56 Å². The summed E-state index contributed by atoms with van der Waals surface area (Å²) in [6.45, 7) is 3.65. The topological polar surface area (TPSA) is 33.1 Å². The number of aromatic nitrogens is 1. The van der Waals surface area contributed by atoms with Crippen LogP contribution in [0.4, 0.5) is 0 Å². The maximum Gasteiger partial charge on any atom is 0.125 e. The van der Waals surface area contributed by atoms with Gasteiger partial charge >= 0.3 is 0 Å². The molecule has 1 aromatic carbocycles. The third-order valence-electron chi connectivity index (χ3n) is 2.32. The average molecular weight is 254 g/mol. The number of nitrogens with zero attached hydrogens (tertiary/aromatic N) is 1. The highest BCUT2D eigenvalue weighted by Crippen LogP contribution is 2.34. The molecule has 1 unspecified atom stereocenters. The predicted octanol–water partition coefficient (Wildman–Crippen LogP) is 3.83. The number of halogens is 1. The van der Waals surface area contributed by atoms with E-state index in [9.17, 15) is 5.11 Å². The highest BCUT2D eigenvalue weighted by molar-refractivity contribution is 7.15. The molecule has 1 N–H and O–H groups in total. The van der Waals surface area contributed by atoms with Crippen molar-refractivity contribution in [1.82, 2.24) is 4.98 Å². The maximum absolute atomic E-state index is 9.57. The predicted molar refractivity (Wildman–Crippen MR) is 67.9 cm³/mol. The smallest absolute Gasteiger partial charge is 0.125 e. The van der Waals surface area contributed by atoms with Gasteiger partial charge in [-0.25, -0.2) is 4.98 Å². The fourth-order valence-electron chi connectivity index (χ4n) is 1.55. The van der Waals surface area contributed by atoms with E-state index in [1.807, 2.05) is 31.2 Å². The van der Waals surface area contributed by atoms with E-state index in [2.05, 4.69) is 4.98 Å². The molecule has 0 bridgehead atoms. The van der Waals surface area contributed by atoms with Crippen LogP contribution in [0, 0.1) is 6.92 Å². The molecule has 2 aromatic rings. The van der Waals surface area contributed by atoms with Crippen molar-refractivity contribution in [3.8, 4) is 10.6 Å². The molecule has 0 aliphatic carbocycles. The number of benzene rings is 1. The van der Waals surface area contributed by atoms with Crippen LogP contribution in [-0.4, -0.2) is 10.1 Å². The second-order valence-electron chi connectivity index (χ2n) is 3.62. The zero-order valence-corrected chi connectivity index (χ0v) is 10.6. The highest BCUT2D eigenvalue weighted by atomic mass is 35.5. The monoisotopic (exact) mass is 253 g/mol. The fourth-order valence-corrected chi connectivity index (χ4v) is 2.87. The van der Waals surface area contributed by atoms with Crippen LogP contribution in [0.5, 0.6) is 0 Å². The van der Waals surface area contributed by atoms with E-state index in [-0.39, 0.29) is 0 Å². The van der Waals surface area contributed by atoms with Crippen LogP contribution in [0.15, 0.2) is 24.3 Å². The van der Waals surface area contributed by atoms with Gasteiger partial charge in [0.2, 0.25) is 0 Å². The van der Waals surface area contributed by atoms with Crippen molar-refractivity contribution in [3.05, 3.63) is 39.9 Å². The SMILES string of the molecule is Cc1nc(-c2ccccc2Cl)sc1C(C)O. The molecule has 1 aromatic heterocycles. The van der Waals surface area contributed by atoms with E-state index >= 15 is 0 Å². The Kier molecular flexibility index (Phi) is 3.28. The Morgan fingerprint density at radius 2 is 2.06 bits per heavy atom. The third kappa shape index (κ3) is 2.12. The van der Waals surface area contributed by atoms with E-state index in [1.54, 1.807) is 6.92 Å². The van der Waals surface area contributed by atoms with Gasteiger partial charge in [-0.2, -0.15) is 0 Å². The molecule has 2 rings (SSSR count). The Hall–Kier alpha value is -0.900. The second-order valence-corrected chi connectivity index (χ2v) is 5.06. The highest BCUT2D eigenvalue weighted by Gasteiger charge is 2.14. The minimum absolute atomic E-state index is 0.478. The van der Waals surface area contributed by atoms with Gasteiger partial charge in [0.05, 0.1) is 21.7 Å². The van der Waals surface area contributed by atoms with Crippen molar-refractivity contribution >= 4 is 22.9 Å². The summed E-state index contributed by atoms with van der Waals surface area (Å²) in [4.78, 5) is 5.34. The van der Waals surface area contributed by atoms with E-state index in [0.717, 1.165) is 21.1 Å². The molecular weight excluding hydrogens is 242 g/mol. The molecule has 1 heterocycles. The Morgan fingerprint density at radius 3 is 2.62 bits per heavy atom. The number of aliphatic hydroxyl groups excluding tert-OH is 1. The van der Waals surface area contributed by atoms with Crippen molar-refractivity contribution < 1.29 is 5.11 Å². The first-order valence-electron chi connectivity index (χ1n) is 5.00. The van der Waals surface area contributed by atoms with E-state index in [0.29, 0.717) is 5.02 Å². The summed E-state index contributed by atoms with van der Waals surface area (Å²) in [6.07, 6.45) is -0.478. The van der Waals surface area contributed by atoms with Crippen LogP contribution in [0.3, 0.4) is 0 Å². The average Bonchev–Trinajstić information content (AvgIpc) is 2.61. The second kappa shape index (κ2) is 4.53. The van der Waals surface area contributed by atoms with Gasteiger partial charge in [-0.15, -0.1) is 11.3 Å². The van der Waals surface area contributed by atoms with Gasteiger partial charge in [-0.05, 0) is 19.9 Å². The van der Waals surface area contributed by atoms with Crippen molar-refractivity contribution in [2.45, 2.75) is 20.0 Å². The lowest BCUT2D eigenvalue weighted by Crippen LogP contribution is -1.88. The van der Waals surface area contributed by atoms with Crippen LogP contribution in [0.1, 0.15) is 23.6 Å². The third-order valence-corrected chi connectivity index (χ3v) is 4.01. The lowest BCUT2D eigenvalue weighted by molar-refractivity contribution is 0.202. The fraction of sp³-hybridized carbons (Fsp3) is 0.250. The van der Waals surface area contributed by atoms with Crippen LogP contribution >= 0.6 is 22.9 Å². The summed E-state index contributed by atoms with van der Waals surface area (Å²) in [7, 11) is 0. The van der Waals surface area contributed by atoms with Crippen LogP contribution in [-0.2, 0) is 0 Å². The molecule has 4 heteroatoms. The van der Waals surface area contributed by atoms with Crippen molar-refractivity contribution in [2.75, 3.05) is 0 Å². The van der Waals surface area contributed by atoms with Gasteiger partial charge in [0.1, 0.15) is 5.01 Å². The Labute approximate surface area is 104 Å². The molecule has 0 amide bonds. The first-order valence-corrected chi connectivity index (χ1v) is 6.19. The summed E-state index contributed by atoms with van der Waals surface area (Å²) in [5.41, 5.74) is 1.79. The number of aryl methyl sites for hydroxylation is 1. The van der Waals surface area contributed by atoms with E-state index in [4.69, 9.17) is 11.6 Å². The van der Waals surface area contributed by atoms with Crippen molar-refractivity contribution in [2.24, 2.45) is 0 Å². The summed E-state index contributed by atoms with van der Waals surface area (Å²) in [5.74, 6) is 0. The minimum atomic E-state index is -0.478. The van der Waals surface area contributed by atoms with Gasteiger partial charge < -0.3 is 5.11 Å². The normalized spacial score (nSPS) is 12.8. The minimum Gasteiger partial charge on any atom is -0.388 e. The van der Waals surface area contributed by atoms with Gasteiger partial charge in [0.25, 0.3) is 0 Å². The Morgan fingerprint density at radius 1 is 1.38 bits per heavy atom. The van der Waals surface area contributed by atoms with Crippen molar-refractivity contribution in [3.63, 3.8) is 0 Å². The van der Waals surface area contributed by atoms with Crippen LogP contribution < -0.4 is 0 Å². The van der Waals surface area contributed by atoms with Gasteiger partial charge in [-0.1, -0.05) is 29.8 Å². The zero-order chi connectivity index (χ0) is 11.7. The number of hydrogen-bond acceptors (Lipinski definition) is 3. The lowest BCUT2D eigenvalue weighted by atomic mass is 10.2. The van der Waals surface area contributed by atoms with Crippen LogP contribution in [0.2, 0.25) is 5.02 Å². The lowest BCUT2D eigenvalue weighted by Gasteiger charge is -1.99. The summed E-state index contributed by atoms with van der Waals surface area (Å²) in [5, 5.41) is 11.1. The first-order chi connectivity index (χ1) is 7.59.